The molecule has 1 N–H and O–H groups in total. The number of hydrogen-bond donors (Lipinski definition) is 1. The van der Waals surface area contributed by atoms with Gasteiger partial charge in [-0.15, -0.1) is 0 Å². The predicted octanol–water partition coefficient (Wildman–Crippen LogP) is 2.33. The Hall–Kier alpha value is -1.33. The van der Waals surface area contributed by atoms with E-state index in [0.29, 0.717) is 16.5 Å². The Morgan fingerprint density at radius 3 is 2.90 bits per heavy atom. The van der Waals surface area contributed by atoms with Gasteiger partial charge in [-0.3, -0.25) is 4.79 Å². The molecule has 2 rings (SSSR count). The summed E-state index contributed by atoms with van der Waals surface area (Å²) in [5, 5.41) is 3.27. The van der Waals surface area contributed by atoms with Crippen LogP contribution in [0.5, 0.6) is 0 Å². The Morgan fingerprint density at radius 1 is 1.48 bits per heavy atom. The highest BCUT2D eigenvalue weighted by atomic mass is 35.5. The molecule has 1 fully saturated rings. The third-order valence-electron chi connectivity index (χ3n) is 3.93. The fourth-order valence-electron chi connectivity index (χ4n) is 2.77. The van der Waals surface area contributed by atoms with E-state index < -0.39 is 0 Å². The molecule has 116 valence electrons. The number of anilines is 1. The second kappa shape index (κ2) is 7.09. The van der Waals surface area contributed by atoms with Crippen molar-refractivity contribution in [2.45, 2.75) is 25.8 Å². The van der Waals surface area contributed by atoms with Crippen molar-refractivity contribution in [3.8, 4) is 0 Å². The lowest BCUT2D eigenvalue weighted by Crippen LogP contribution is -2.43. The number of rotatable bonds is 3. The molecule has 0 spiro atoms. The van der Waals surface area contributed by atoms with Gasteiger partial charge >= 0.3 is 0 Å². The fraction of sp³-hybridized carbons (Fsp3) is 0.600. The van der Waals surface area contributed by atoms with Gasteiger partial charge in [-0.2, -0.15) is 0 Å². The molecule has 1 atom stereocenters. The Morgan fingerprint density at radius 2 is 2.24 bits per heavy atom. The van der Waals surface area contributed by atoms with Crippen LogP contribution in [0.25, 0.3) is 0 Å². The molecular weight excluding hydrogens is 288 g/mol. The molecule has 21 heavy (non-hydrogen) atoms. The first kappa shape index (κ1) is 16.0. The number of amides is 1. The summed E-state index contributed by atoms with van der Waals surface area (Å²) in [4.78, 5) is 21.2. The first-order valence-corrected chi connectivity index (χ1v) is 7.77. The molecule has 0 aromatic carbocycles. The second-order valence-corrected chi connectivity index (χ2v) is 5.88. The molecule has 1 aliphatic heterocycles. The molecule has 1 aromatic heterocycles. The SMILES string of the molecule is CCC1CN(C)CCCN1C(=O)c1cc(Cl)nc(NC)c1. The zero-order valence-corrected chi connectivity index (χ0v) is 13.7. The minimum Gasteiger partial charge on any atom is -0.373 e. The van der Waals surface area contributed by atoms with Crippen LogP contribution in [0.4, 0.5) is 5.82 Å². The quantitative estimate of drug-likeness (QED) is 0.871. The average molecular weight is 311 g/mol. The molecule has 6 heteroatoms. The molecule has 5 nitrogen and oxygen atoms in total. The van der Waals surface area contributed by atoms with E-state index >= 15 is 0 Å². The lowest BCUT2D eigenvalue weighted by molar-refractivity contribution is 0.0675. The number of nitrogens with one attached hydrogen (secondary N) is 1. The monoisotopic (exact) mass is 310 g/mol. The van der Waals surface area contributed by atoms with Crippen LogP contribution in [0.1, 0.15) is 30.1 Å². The number of carbonyl (C=O) groups excluding carboxylic acids is 1. The molecule has 1 aromatic rings. The highest BCUT2D eigenvalue weighted by molar-refractivity contribution is 6.29. The van der Waals surface area contributed by atoms with E-state index in [1.54, 1.807) is 19.2 Å². The summed E-state index contributed by atoms with van der Waals surface area (Å²) in [7, 11) is 3.88. The lowest BCUT2D eigenvalue weighted by Gasteiger charge is -2.30. The van der Waals surface area contributed by atoms with Gasteiger partial charge in [0.25, 0.3) is 5.91 Å². The summed E-state index contributed by atoms with van der Waals surface area (Å²) in [5.41, 5.74) is 0.599. The number of hydrogen-bond acceptors (Lipinski definition) is 4. The first-order valence-electron chi connectivity index (χ1n) is 7.40. The van der Waals surface area contributed by atoms with Gasteiger partial charge in [0.2, 0.25) is 0 Å². The van der Waals surface area contributed by atoms with Crippen molar-refractivity contribution in [1.29, 1.82) is 0 Å². The maximum Gasteiger partial charge on any atom is 0.254 e. The van der Waals surface area contributed by atoms with Crippen molar-refractivity contribution < 1.29 is 4.79 Å². The third-order valence-corrected chi connectivity index (χ3v) is 4.12. The van der Waals surface area contributed by atoms with Crippen molar-refractivity contribution in [2.75, 3.05) is 39.0 Å². The standard InChI is InChI=1S/C15H23ClN4O/c1-4-12-10-19(3)6-5-7-20(12)15(21)11-8-13(16)18-14(9-11)17-2/h8-9,12H,4-7,10H2,1-3H3,(H,17,18). The minimum atomic E-state index is 0.0398. The van der Waals surface area contributed by atoms with Crippen molar-refractivity contribution in [3.63, 3.8) is 0 Å². The van der Waals surface area contributed by atoms with Crippen molar-refractivity contribution in [3.05, 3.63) is 22.8 Å². The van der Waals surface area contributed by atoms with Gasteiger partial charge in [-0.1, -0.05) is 18.5 Å². The van der Waals surface area contributed by atoms with Gasteiger partial charge in [0.15, 0.2) is 0 Å². The number of likely N-dealkylation sites (N-methyl/N-ethyl adjacent to an activating group) is 1. The van der Waals surface area contributed by atoms with Crippen molar-refractivity contribution in [1.82, 2.24) is 14.8 Å². The van der Waals surface area contributed by atoms with E-state index in [2.05, 4.69) is 29.2 Å². The van der Waals surface area contributed by atoms with Crippen molar-refractivity contribution in [2.24, 2.45) is 0 Å². The molecule has 1 amide bonds. The number of nitrogens with zero attached hydrogens (tertiary/aromatic N) is 3. The van der Waals surface area contributed by atoms with E-state index in [0.717, 1.165) is 32.5 Å². The highest BCUT2D eigenvalue weighted by Crippen LogP contribution is 2.20. The molecule has 1 aliphatic rings. The fourth-order valence-corrected chi connectivity index (χ4v) is 2.98. The number of aromatic nitrogens is 1. The minimum absolute atomic E-state index is 0.0398. The predicted molar refractivity (Wildman–Crippen MR) is 86.0 cm³/mol. The molecule has 0 radical (unpaired) electrons. The van der Waals surface area contributed by atoms with Crippen LogP contribution in [-0.4, -0.2) is 60.5 Å². The van der Waals surface area contributed by atoms with Crippen LogP contribution in [0.2, 0.25) is 5.15 Å². The second-order valence-electron chi connectivity index (χ2n) is 5.49. The summed E-state index contributed by atoms with van der Waals surface area (Å²) in [6.45, 7) is 4.86. The normalized spacial score (nSPS) is 20.2. The molecule has 0 bridgehead atoms. The first-order chi connectivity index (χ1) is 10.0. The maximum atomic E-state index is 12.8. The van der Waals surface area contributed by atoms with Crippen molar-refractivity contribution >= 4 is 23.3 Å². The van der Waals surface area contributed by atoms with Gasteiger partial charge < -0.3 is 15.1 Å². The number of carbonyl (C=O) groups is 1. The summed E-state index contributed by atoms with van der Waals surface area (Å²) < 4.78 is 0. The van der Waals surface area contributed by atoms with Gasteiger partial charge in [0.1, 0.15) is 11.0 Å². The van der Waals surface area contributed by atoms with Gasteiger partial charge in [-0.05, 0) is 38.6 Å². The molecule has 1 saturated heterocycles. The topological polar surface area (TPSA) is 48.5 Å². The summed E-state index contributed by atoms with van der Waals surface area (Å²) in [6, 6.07) is 3.65. The molecular formula is C15H23ClN4O. The van der Waals surface area contributed by atoms with Crippen LogP contribution in [0.15, 0.2) is 12.1 Å². The van der Waals surface area contributed by atoms with Crippen LogP contribution in [0.3, 0.4) is 0 Å². The summed E-state index contributed by atoms with van der Waals surface area (Å²) in [6.07, 6.45) is 1.95. The molecule has 0 saturated carbocycles. The van der Waals surface area contributed by atoms with Gasteiger partial charge in [-0.25, -0.2) is 4.98 Å². The third kappa shape index (κ3) is 3.86. The Kier molecular flexibility index (Phi) is 5.42. The summed E-state index contributed by atoms with van der Waals surface area (Å²) in [5.74, 6) is 0.656. The van der Waals surface area contributed by atoms with Gasteiger partial charge in [0.05, 0.1) is 0 Å². The van der Waals surface area contributed by atoms with E-state index in [9.17, 15) is 4.79 Å². The number of pyridine rings is 1. The largest absolute Gasteiger partial charge is 0.373 e. The smallest absolute Gasteiger partial charge is 0.254 e. The lowest BCUT2D eigenvalue weighted by atomic mass is 10.1. The van der Waals surface area contributed by atoms with E-state index in [4.69, 9.17) is 11.6 Å². The Bertz CT molecular complexity index is 508. The molecule has 0 aliphatic carbocycles. The maximum absolute atomic E-state index is 12.8. The van der Waals surface area contributed by atoms with Crippen LogP contribution in [0, 0.1) is 0 Å². The van der Waals surface area contributed by atoms with E-state index in [1.807, 2.05) is 4.90 Å². The Labute approximate surface area is 131 Å². The Balaban J connectivity index is 2.26. The van der Waals surface area contributed by atoms with Crippen LogP contribution < -0.4 is 5.32 Å². The average Bonchev–Trinajstić information content (AvgIpc) is 2.66. The van der Waals surface area contributed by atoms with E-state index in [1.165, 1.54) is 0 Å². The zero-order valence-electron chi connectivity index (χ0n) is 12.9. The zero-order chi connectivity index (χ0) is 15.4. The van der Waals surface area contributed by atoms with Crippen LogP contribution >= 0.6 is 11.6 Å². The highest BCUT2D eigenvalue weighted by Gasteiger charge is 2.27. The molecule has 2 heterocycles. The van der Waals surface area contributed by atoms with E-state index in [-0.39, 0.29) is 11.9 Å². The number of halogens is 1. The van der Waals surface area contributed by atoms with Crippen LogP contribution in [-0.2, 0) is 0 Å². The summed E-state index contributed by atoms with van der Waals surface area (Å²) >= 11 is 6.01. The molecule has 1 unspecified atom stereocenters. The van der Waals surface area contributed by atoms with Gasteiger partial charge in [0, 0.05) is 31.7 Å².